The fraction of sp³-hybridized carbons (Fsp3) is 0.625. The quantitative estimate of drug-likeness (QED) is 0.853. The molecule has 0 aliphatic carbocycles. The fourth-order valence-corrected chi connectivity index (χ4v) is 2.75. The zero-order chi connectivity index (χ0) is 12.8. The van der Waals surface area contributed by atoms with Crippen LogP contribution in [-0.4, -0.2) is 18.2 Å². The topological polar surface area (TPSA) is 23.5 Å². The number of benzene rings is 1. The summed E-state index contributed by atoms with van der Waals surface area (Å²) < 4.78 is 0. The number of unbranched alkanes of at least 4 members (excludes halogenated alkanes) is 1. The Labute approximate surface area is 111 Å². The van der Waals surface area contributed by atoms with Crippen LogP contribution >= 0.6 is 0 Å². The standard InChI is InChI=1S/C16H25NO/c1-2-3-11-16(18)14-9-5-6-10-15(14)17-12-7-4-8-13-17/h5-6,9-10,16,18H,2-4,7-8,11-13H2,1H3. The van der Waals surface area contributed by atoms with Gasteiger partial charge >= 0.3 is 0 Å². The van der Waals surface area contributed by atoms with Gasteiger partial charge in [-0.1, -0.05) is 38.0 Å². The first kappa shape index (κ1) is 13.4. The van der Waals surface area contributed by atoms with E-state index in [4.69, 9.17) is 0 Å². The van der Waals surface area contributed by atoms with Crippen LogP contribution in [0.4, 0.5) is 5.69 Å². The number of nitrogens with zero attached hydrogens (tertiary/aromatic N) is 1. The van der Waals surface area contributed by atoms with Gasteiger partial charge in [0.05, 0.1) is 6.10 Å². The molecule has 2 rings (SSSR count). The van der Waals surface area contributed by atoms with E-state index < -0.39 is 0 Å². The van der Waals surface area contributed by atoms with Gasteiger partial charge in [-0.05, 0) is 31.7 Å². The smallest absolute Gasteiger partial charge is 0.0810 e. The van der Waals surface area contributed by atoms with E-state index in [9.17, 15) is 5.11 Å². The highest BCUT2D eigenvalue weighted by Gasteiger charge is 2.17. The molecule has 1 atom stereocenters. The van der Waals surface area contributed by atoms with Crippen molar-refractivity contribution in [3.63, 3.8) is 0 Å². The highest BCUT2D eigenvalue weighted by atomic mass is 16.3. The van der Waals surface area contributed by atoms with Crippen molar-refractivity contribution in [1.82, 2.24) is 0 Å². The highest BCUT2D eigenvalue weighted by Crippen LogP contribution is 2.30. The van der Waals surface area contributed by atoms with Crippen LogP contribution in [-0.2, 0) is 0 Å². The van der Waals surface area contributed by atoms with Crippen molar-refractivity contribution in [2.24, 2.45) is 0 Å². The summed E-state index contributed by atoms with van der Waals surface area (Å²) in [5, 5.41) is 10.3. The second-order valence-corrected chi connectivity index (χ2v) is 5.26. The third-order valence-electron chi connectivity index (χ3n) is 3.82. The molecule has 1 N–H and O–H groups in total. The van der Waals surface area contributed by atoms with Crippen LogP contribution in [0.5, 0.6) is 0 Å². The number of aliphatic hydroxyl groups is 1. The van der Waals surface area contributed by atoms with Gasteiger partial charge in [-0.15, -0.1) is 0 Å². The SMILES string of the molecule is CCCCC(O)c1ccccc1N1CCCCC1. The van der Waals surface area contributed by atoms with Crippen molar-refractivity contribution >= 4 is 5.69 Å². The Morgan fingerprint density at radius 1 is 1.17 bits per heavy atom. The minimum absolute atomic E-state index is 0.303. The fourth-order valence-electron chi connectivity index (χ4n) is 2.75. The van der Waals surface area contributed by atoms with E-state index in [0.717, 1.165) is 37.9 Å². The molecule has 0 saturated carbocycles. The third-order valence-corrected chi connectivity index (χ3v) is 3.82. The maximum absolute atomic E-state index is 10.3. The number of para-hydroxylation sites is 1. The number of rotatable bonds is 5. The Bertz CT molecular complexity index is 358. The Morgan fingerprint density at radius 3 is 2.61 bits per heavy atom. The summed E-state index contributed by atoms with van der Waals surface area (Å²) in [5.74, 6) is 0. The summed E-state index contributed by atoms with van der Waals surface area (Å²) in [4.78, 5) is 2.44. The normalized spacial score (nSPS) is 17.8. The van der Waals surface area contributed by atoms with Gasteiger partial charge < -0.3 is 10.0 Å². The average Bonchev–Trinajstić information content (AvgIpc) is 2.45. The van der Waals surface area contributed by atoms with E-state index in [-0.39, 0.29) is 6.10 Å². The number of hydrogen-bond acceptors (Lipinski definition) is 2. The predicted molar refractivity (Wildman–Crippen MR) is 77.0 cm³/mol. The second kappa shape index (κ2) is 6.79. The third kappa shape index (κ3) is 3.26. The minimum atomic E-state index is -0.303. The second-order valence-electron chi connectivity index (χ2n) is 5.26. The van der Waals surface area contributed by atoms with Gasteiger partial charge in [0.15, 0.2) is 0 Å². The van der Waals surface area contributed by atoms with E-state index in [1.54, 1.807) is 0 Å². The van der Waals surface area contributed by atoms with Crippen LogP contribution < -0.4 is 4.90 Å². The average molecular weight is 247 g/mol. The van der Waals surface area contributed by atoms with Crippen LogP contribution in [0, 0.1) is 0 Å². The highest BCUT2D eigenvalue weighted by molar-refractivity contribution is 5.54. The maximum Gasteiger partial charge on any atom is 0.0810 e. The molecule has 0 radical (unpaired) electrons. The molecule has 2 heteroatoms. The molecule has 1 saturated heterocycles. The summed E-state index contributed by atoms with van der Waals surface area (Å²) >= 11 is 0. The van der Waals surface area contributed by atoms with Crippen molar-refractivity contribution in [3.8, 4) is 0 Å². The van der Waals surface area contributed by atoms with Gasteiger partial charge in [-0.3, -0.25) is 0 Å². The Balaban J connectivity index is 2.13. The molecule has 1 unspecified atom stereocenters. The molecule has 2 nitrogen and oxygen atoms in total. The number of piperidine rings is 1. The Kier molecular flexibility index (Phi) is 5.06. The molecule has 1 aromatic rings. The van der Waals surface area contributed by atoms with E-state index in [0.29, 0.717) is 0 Å². The lowest BCUT2D eigenvalue weighted by molar-refractivity contribution is 0.164. The van der Waals surface area contributed by atoms with Crippen molar-refractivity contribution in [2.45, 2.75) is 51.6 Å². The lowest BCUT2D eigenvalue weighted by Crippen LogP contribution is -2.30. The van der Waals surface area contributed by atoms with Crippen LogP contribution in [0.2, 0.25) is 0 Å². The Hall–Kier alpha value is -1.02. The van der Waals surface area contributed by atoms with Gasteiger partial charge in [-0.25, -0.2) is 0 Å². The number of anilines is 1. The van der Waals surface area contributed by atoms with Gasteiger partial charge in [0.25, 0.3) is 0 Å². The summed E-state index contributed by atoms with van der Waals surface area (Å²) in [6.07, 6.45) is 6.71. The molecule has 1 aliphatic rings. The minimum Gasteiger partial charge on any atom is -0.388 e. The first-order chi connectivity index (χ1) is 8.83. The predicted octanol–water partition coefficient (Wildman–Crippen LogP) is 3.90. The molecule has 0 aromatic heterocycles. The van der Waals surface area contributed by atoms with Gasteiger partial charge in [-0.2, -0.15) is 0 Å². The first-order valence-electron chi connectivity index (χ1n) is 7.35. The molecule has 0 amide bonds. The molecule has 0 spiro atoms. The molecule has 18 heavy (non-hydrogen) atoms. The van der Waals surface area contributed by atoms with E-state index in [2.05, 4.69) is 30.0 Å². The number of hydrogen-bond donors (Lipinski definition) is 1. The summed E-state index contributed by atoms with van der Waals surface area (Å²) in [6.45, 7) is 4.44. The lowest BCUT2D eigenvalue weighted by atomic mass is 10.00. The summed E-state index contributed by atoms with van der Waals surface area (Å²) in [7, 11) is 0. The molecule has 0 bridgehead atoms. The largest absolute Gasteiger partial charge is 0.388 e. The summed E-state index contributed by atoms with van der Waals surface area (Å²) in [5.41, 5.74) is 2.37. The van der Waals surface area contributed by atoms with E-state index in [1.165, 1.54) is 24.9 Å². The van der Waals surface area contributed by atoms with Crippen LogP contribution in [0.15, 0.2) is 24.3 Å². The molecule has 100 valence electrons. The summed E-state index contributed by atoms with van der Waals surface area (Å²) in [6, 6.07) is 8.37. The van der Waals surface area contributed by atoms with Gasteiger partial charge in [0, 0.05) is 24.3 Å². The van der Waals surface area contributed by atoms with Crippen molar-refractivity contribution in [1.29, 1.82) is 0 Å². The molecule has 1 aromatic carbocycles. The van der Waals surface area contributed by atoms with Gasteiger partial charge in [0.1, 0.15) is 0 Å². The Morgan fingerprint density at radius 2 is 1.89 bits per heavy atom. The van der Waals surface area contributed by atoms with E-state index in [1.807, 2.05) is 6.07 Å². The van der Waals surface area contributed by atoms with Crippen molar-refractivity contribution < 1.29 is 5.11 Å². The van der Waals surface area contributed by atoms with Crippen LogP contribution in [0.1, 0.15) is 57.1 Å². The molecular weight excluding hydrogens is 222 g/mol. The molecular formula is C16H25NO. The molecule has 1 aliphatic heterocycles. The van der Waals surface area contributed by atoms with Crippen LogP contribution in [0.3, 0.4) is 0 Å². The lowest BCUT2D eigenvalue weighted by Gasteiger charge is -2.31. The van der Waals surface area contributed by atoms with E-state index >= 15 is 0 Å². The zero-order valence-corrected chi connectivity index (χ0v) is 11.4. The zero-order valence-electron chi connectivity index (χ0n) is 11.4. The number of aliphatic hydroxyl groups excluding tert-OH is 1. The van der Waals surface area contributed by atoms with Crippen molar-refractivity contribution in [2.75, 3.05) is 18.0 Å². The molecule has 1 heterocycles. The molecule has 1 fully saturated rings. The van der Waals surface area contributed by atoms with Crippen LogP contribution in [0.25, 0.3) is 0 Å². The maximum atomic E-state index is 10.3. The monoisotopic (exact) mass is 247 g/mol. The first-order valence-corrected chi connectivity index (χ1v) is 7.35. The van der Waals surface area contributed by atoms with Crippen molar-refractivity contribution in [3.05, 3.63) is 29.8 Å². The van der Waals surface area contributed by atoms with Gasteiger partial charge in [0.2, 0.25) is 0 Å².